The summed E-state index contributed by atoms with van der Waals surface area (Å²) in [6, 6.07) is 67.6. The van der Waals surface area contributed by atoms with Crippen LogP contribution in [-0.2, 0) is 48.6 Å². The number of fused-ring (bicyclic) bond motifs is 2. The highest BCUT2D eigenvalue weighted by atomic mass is 35.5. The number of nitrogens with one attached hydrogen (secondary N) is 2. The summed E-state index contributed by atoms with van der Waals surface area (Å²) in [4.78, 5) is 134. The molecule has 11 aromatic rings. The molecule has 0 radical (unpaired) electrons. The third-order valence-corrected chi connectivity index (χ3v) is 20.5. The number of halogens is 3. The van der Waals surface area contributed by atoms with Gasteiger partial charge in [0.1, 0.15) is 51.0 Å². The molecule has 0 spiro atoms. The smallest absolute Gasteiger partial charge is 0.379 e. The van der Waals surface area contributed by atoms with E-state index < -0.39 is 123 Å². The minimum atomic E-state index is -1.39. The number of hydrogen-bond acceptors (Lipinski definition) is 23. The molecule has 23 nitrogen and oxygen atoms in total. The minimum absolute atomic E-state index is 0.0472. The number of esters is 5. The Balaban J connectivity index is 0.851. The number of thioether (sulfide) groups is 2. The molecule has 29 heteroatoms. The quantitative estimate of drug-likeness (QED) is 0.00462. The molecule has 2 amide bonds. The fourth-order valence-electron chi connectivity index (χ4n) is 11.9. The van der Waals surface area contributed by atoms with Crippen molar-refractivity contribution in [2.24, 2.45) is 5.16 Å². The summed E-state index contributed by atoms with van der Waals surface area (Å²) in [5.74, 6) is -12.3. The second kappa shape index (κ2) is 33.7. The van der Waals surface area contributed by atoms with Crippen LogP contribution in [0.4, 0.5) is 5.13 Å². The first kappa shape index (κ1) is 73.8. The molecule has 1 fully saturated rings. The fourth-order valence-corrected chi connectivity index (χ4v) is 15.3. The third-order valence-electron chi connectivity index (χ3n) is 16.7. The van der Waals surface area contributed by atoms with Crippen molar-refractivity contribution in [1.29, 1.82) is 0 Å². The molecule has 1 saturated heterocycles. The molecule has 538 valence electrons. The van der Waals surface area contributed by atoms with Gasteiger partial charge in [-0.05, 0) is 69.6 Å². The monoisotopic (exact) mass is 1550 g/mol. The van der Waals surface area contributed by atoms with Crippen molar-refractivity contribution in [3.63, 3.8) is 0 Å². The molecular formula is C78H58Cl3N9O14S3. The zero-order chi connectivity index (χ0) is 74.6. The van der Waals surface area contributed by atoms with E-state index in [1.54, 1.807) is 13.0 Å². The summed E-state index contributed by atoms with van der Waals surface area (Å²) in [7, 11) is 0. The van der Waals surface area contributed by atoms with Gasteiger partial charge in [-0.25, -0.2) is 24.4 Å². The SMILES string of the molecule is Cc1cc(SCC2=C(C(=O)OC(c3ccccc3)c3ccccc3)N3C(=O)[C@@H](NC(=O)C(=NOC(=O)c4cc(OC(=O)CCl)c(OC(=O)CCl)c(OC(=O)CCl)c4)c4csc(NC(c5ccccc5)(c5ccccc5)c5ccccc5)n4)[C@H]3SC2)n2nc(C(=O)OC(c3ccccc3)c3ccccc3)nc2n1. The highest BCUT2D eigenvalue weighted by Crippen LogP contribution is 2.45. The Kier molecular flexibility index (Phi) is 23.2. The molecule has 2 aliphatic heterocycles. The molecule has 3 aromatic heterocycles. The first-order valence-corrected chi connectivity index (χ1v) is 37.3. The number of anilines is 1. The number of β-lactam (4-membered cyclic amide) rings is 1. The van der Waals surface area contributed by atoms with Gasteiger partial charge in [0.05, 0.1) is 5.56 Å². The van der Waals surface area contributed by atoms with Crippen molar-refractivity contribution in [3.05, 3.63) is 309 Å². The van der Waals surface area contributed by atoms with Gasteiger partial charge in [0, 0.05) is 22.6 Å². The van der Waals surface area contributed by atoms with Gasteiger partial charge in [-0.2, -0.15) is 9.50 Å². The summed E-state index contributed by atoms with van der Waals surface area (Å²) < 4.78 is 30.0. The van der Waals surface area contributed by atoms with Gasteiger partial charge in [0.2, 0.25) is 5.75 Å². The number of benzene rings is 8. The molecule has 0 unspecified atom stereocenters. The van der Waals surface area contributed by atoms with Crippen molar-refractivity contribution in [2.75, 3.05) is 34.5 Å². The highest BCUT2D eigenvalue weighted by Gasteiger charge is 2.55. The number of nitrogens with zero attached hydrogens (tertiary/aromatic N) is 7. The number of rotatable bonds is 27. The predicted octanol–water partition coefficient (Wildman–Crippen LogP) is 13.0. The molecule has 0 saturated carbocycles. The second-order valence-corrected chi connectivity index (χ2v) is 27.4. The van der Waals surface area contributed by atoms with Crippen LogP contribution < -0.4 is 24.8 Å². The van der Waals surface area contributed by atoms with Gasteiger partial charge >= 0.3 is 35.8 Å². The number of ether oxygens (including phenoxy) is 5. The number of aryl methyl sites for hydroxylation is 1. The number of hydrogen-bond donors (Lipinski definition) is 2. The number of aromatic nitrogens is 5. The Hall–Kier alpha value is -11.5. The lowest BCUT2D eigenvalue weighted by Crippen LogP contribution is -2.71. The third kappa shape index (κ3) is 16.5. The van der Waals surface area contributed by atoms with Crippen LogP contribution in [0.15, 0.2) is 257 Å². The van der Waals surface area contributed by atoms with E-state index in [2.05, 4.69) is 30.9 Å². The Labute approximate surface area is 638 Å². The van der Waals surface area contributed by atoms with E-state index in [0.29, 0.717) is 27.4 Å². The Morgan fingerprint density at radius 2 is 1.07 bits per heavy atom. The van der Waals surface area contributed by atoms with E-state index in [-0.39, 0.29) is 39.6 Å². The van der Waals surface area contributed by atoms with Gasteiger partial charge < -0.3 is 39.2 Å². The molecule has 0 aliphatic carbocycles. The van der Waals surface area contributed by atoms with E-state index in [4.69, 9.17) is 68.3 Å². The molecule has 2 aliphatic rings. The molecular weight excluding hydrogens is 1490 g/mol. The minimum Gasteiger partial charge on any atom is -0.448 e. The Morgan fingerprint density at radius 3 is 1.55 bits per heavy atom. The summed E-state index contributed by atoms with van der Waals surface area (Å²) in [6.07, 6.45) is -1.76. The average Bonchev–Trinajstić information content (AvgIpc) is 1.08. The summed E-state index contributed by atoms with van der Waals surface area (Å²) in [6.45, 7) is 1.75. The van der Waals surface area contributed by atoms with Crippen LogP contribution in [0.25, 0.3) is 5.78 Å². The van der Waals surface area contributed by atoms with Crippen LogP contribution in [0.1, 0.15) is 83.5 Å². The molecule has 5 heterocycles. The number of amides is 2. The van der Waals surface area contributed by atoms with Crippen LogP contribution in [0.2, 0.25) is 0 Å². The molecule has 8 aromatic carbocycles. The standard InChI is InChI=1S/C78H58Cl3N9O14S3/c1-46-37-59(90-76(82-46)85-69(87-90)75(98)103-67(49-27-13-4-14-28-49)50-29-15-5-16-30-50)105-43-52-44-106-72-64(71(95)89(72)65(52)74(97)102-66(47-23-9-2-10-24-47)48-25-11-3-12-26-48)84-70(94)63(88-104-73(96)51-38-57(99-60(91)40-79)68(101-62(93)42-81)58(39-51)100-61(92)41-80)56-45-107-77(83-56)86-78(53-31-17-6-18-32-53,54-33-19-7-20-34-54)55-35-21-8-22-36-55/h2-39,45,64,66-67,72H,40-44H2,1H3,(H,83,86)(H,84,94)/t64-,72-/m1/s1. The number of oxime groups is 1. The maximum absolute atomic E-state index is 15.4. The van der Waals surface area contributed by atoms with Crippen LogP contribution >= 0.6 is 69.7 Å². The average molecular weight is 1550 g/mol. The Morgan fingerprint density at radius 1 is 0.598 bits per heavy atom. The van der Waals surface area contributed by atoms with Crippen molar-refractivity contribution in [3.8, 4) is 17.2 Å². The lowest BCUT2D eigenvalue weighted by Gasteiger charge is -2.49. The van der Waals surface area contributed by atoms with Crippen molar-refractivity contribution >= 4 is 134 Å². The first-order chi connectivity index (χ1) is 52.1. The lowest BCUT2D eigenvalue weighted by atomic mass is 9.77. The van der Waals surface area contributed by atoms with Crippen LogP contribution in [0.5, 0.6) is 17.2 Å². The molecule has 13 rings (SSSR count). The van der Waals surface area contributed by atoms with Crippen molar-refractivity contribution < 1.29 is 66.9 Å². The van der Waals surface area contributed by atoms with Crippen LogP contribution in [0, 0.1) is 6.92 Å². The van der Waals surface area contributed by atoms with Crippen molar-refractivity contribution in [1.82, 2.24) is 34.8 Å². The summed E-state index contributed by atoms with van der Waals surface area (Å²) >= 11 is 20.9. The Bertz CT molecular complexity index is 5000. The van der Waals surface area contributed by atoms with Gasteiger partial charge in [0.15, 0.2) is 34.6 Å². The highest BCUT2D eigenvalue weighted by molar-refractivity contribution is 8.01. The largest absolute Gasteiger partial charge is 0.448 e. The van der Waals surface area contributed by atoms with E-state index in [9.17, 15) is 24.0 Å². The van der Waals surface area contributed by atoms with E-state index in [1.165, 1.54) is 38.3 Å². The number of thiazole rings is 1. The fraction of sp³-hybridized carbons (Fsp3) is 0.141. The van der Waals surface area contributed by atoms with E-state index in [1.807, 2.05) is 212 Å². The predicted molar refractivity (Wildman–Crippen MR) is 402 cm³/mol. The lowest BCUT2D eigenvalue weighted by molar-refractivity contribution is -0.154. The molecule has 0 bridgehead atoms. The van der Waals surface area contributed by atoms with Crippen molar-refractivity contribution in [2.45, 2.75) is 41.1 Å². The van der Waals surface area contributed by atoms with Gasteiger partial charge in [0.25, 0.3) is 23.4 Å². The number of alkyl halides is 3. The molecule has 2 atom stereocenters. The van der Waals surface area contributed by atoms with Gasteiger partial charge in [-0.1, -0.05) is 217 Å². The number of carbonyl (C=O) groups excluding carboxylic acids is 8. The zero-order valence-corrected chi connectivity index (χ0v) is 60.8. The van der Waals surface area contributed by atoms with Gasteiger partial charge in [-0.3, -0.25) is 28.9 Å². The van der Waals surface area contributed by atoms with E-state index >= 15 is 14.4 Å². The van der Waals surface area contributed by atoms with E-state index in [0.717, 1.165) is 51.3 Å². The first-order valence-electron chi connectivity index (χ1n) is 32.8. The number of carbonyl (C=O) groups is 8. The summed E-state index contributed by atoms with van der Waals surface area (Å²) in [5.41, 5.74) is 3.52. The summed E-state index contributed by atoms with van der Waals surface area (Å²) in [5, 5.41) is 16.4. The topological polar surface area (TPSA) is 288 Å². The maximum atomic E-state index is 15.4. The van der Waals surface area contributed by atoms with Crippen LogP contribution in [0.3, 0.4) is 0 Å². The normalized spacial score (nSPS) is 14.2. The molecule has 107 heavy (non-hydrogen) atoms. The maximum Gasteiger partial charge on any atom is 0.379 e. The second-order valence-electron chi connectivity index (χ2n) is 23.7. The van der Waals surface area contributed by atoms with Gasteiger partial charge in [-0.15, -0.1) is 74.8 Å². The van der Waals surface area contributed by atoms with Crippen LogP contribution in [-0.4, -0.2) is 123 Å². The molecule has 2 N–H and O–H groups in total. The zero-order valence-electron chi connectivity index (χ0n) is 56.1.